The number of hydrogen-bond donors (Lipinski definition) is 0. The van der Waals surface area contributed by atoms with Crippen molar-refractivity contribution in [3.63, 3.8) is 0 Å². The van der Waals surface area contributed by atoms with Gasteiger partial charge in [-0.25, -0.2) is 0 Å². The molecule has 160 valence electrons. The maximum absolute atomic E-state index is 10.4. The Labute approximate surface area is 192 Å². The molecule has 0 saturated carbocycles. The number of hydrogen-bond acceptors (Lipinski definition) is 4. The maximum Gasteiger partial charge on any atom is 0.231 e. The number of benzene rings is 4. The predicted molar refractivity (Wildman–Crippen MR) is 131 cm³/mol. The summed E-state index contributed by atoms with van der Waals surface area (Å²) >= 11 is 0. The molecular weight excluding hydrogens is 408 g/mol. The number of anilines is 1. The van der Waals surface area contributed by atoms with Crippen molar-refractivity contribution in [1.82, 2.24) is 0 Å². The summed E-state index contributed by atoms with van der Waals surface area (Å²) in [7, 11) is 0. The second-order valence-electron chi connectivity index (χ2n) is 9.01. The molecule has 33 heavy (non-hydrogen) atoms. The van der Waals surface area contributed by atoms with E-state index >= 15 is 0 Å². The highest BCUT2D eigenvalue weighted by Crippen LogP contribution is 2.55. The fourth-order valence-corrected chi connectivity index (χ4v) is 5.76. The first-order valence-corrected chi connectivity index (χ1v) is 11.6. The van der Waals surface area contributed by atoms with E-state index in [1.54, 1.807) is 0 Å². The Bertz CT molecular complexity index is 1490. The standard InChI is InChI=1S/C29H22N2O2/c30-16-23-24(31-12-2-1-3-13-31)15-22(19-10-11-25-26(14-19)33-17-32-25)28-20-8-4-6-18-7-5-9-21(27(18)20)29(23)28/h4-11,14-15H,1-3,12-13,17H2. The number of fused-ring (bicyclic) bond motifs is 4. The zero-order valence-corrected chi connectivity index (χ0v) is 18.2. The van der Waals surface area contributed by atoms with E-state index in [4.69, 9.17) is 9.47 Å². The second kappa shape index (κ2) is 7.02. The van der Waals surface area contributed by atoms with Crippen molar-refractivity contribution in [2.45, 2.75) is 19.3 Å². The molecule has 4 aromatic carbocycles. The van der Waals surface area contributed by atoms with Gasteiger partial charge in [0, 0.05) is 18.7 Å². The summed E-state index contributed by atoms with van der Waals surface area (Å²) in [5.74, 6) is 1.56. The summed E-state index contributed by atoms with van der Waals surface area (Å²) in [4.78, 5) is 2.40. The monoisotopic (exact) mass is 430 g/mol. The van der Waals surface area contributed by atoms with Crippen molar-refractivity contribution in [2.24, 2.45) is 0 Å². The van der Waals surface area contributed by atoms with Crippen molar-refractivity contribution < 1.29 is 9.47 Å². The highest BCUT2D eigenvalue weighted by atomic mass is 16.7. The summed E-state index contributed by atoms with van der Waals surface area (Å²) in [6.45, 7) is 2.24. The molecule has 2 heterocycles. The zero-order chi connectivity index (χ0) is 21.9. The summed E-state index contributed by atoms with van der Waals surface area (Å²) in [5.41, 5.74) is 8.66. The molecule has 0 unspecified atom stereocenters. The minimum atomic E-state index is 0.258. The van der Waals surface area contributed by atoms with E-state index in [1.165, 1.54) is 22.8 Å². The van der Waals surface area contributed by atoms with Crippen LogP contribution < -0.4 is 14.4 Å². The summed E-state index contributed by atoms with van der Waals surface area (Å²) in [6, 6.07) is 23.9. The number of piperidine rings is 1. The average Bonchev–Trinajstić information content (AvgIpc) is 3.48. The van der Waals surface area contributed by atoms with E-state index in [9.17, 15) is 5.26 Å². The van der Waals surface area contributed by atoms with Crippen LogP contribution in [-0.4, -0.2) is 19.9 Å². The Balaban J connectivity index is 1.58. The Kier molecular flexibility index (Phi) is 3.95. The van der Waals surface area contributed by atoms with Gasteiger partial charge in [0.1, 0.15) is 6.07 Å². The van der Waals surface area contributed by atoms with Crippen molar-refractivity contribution in [3.05, 3.63) is 66.2 Å². The van der Waals surface area contributed by atoms with E-state index < -0.39 is 0 Å². The van der Waals surface area contributed by atoms with Gasteiger partial charge >= 0.3 is 0 Å². The molecule has 4 aromatic rings. The van der Waals surface area contributed by atoms with Crippen LogP contribution in [0, 0.1) is 11.3 Å². The molecule has 2 aliphatic heterocycles. The first-order chi connectivity index (χ1) is 16.3. The van der Waals surface area contributed by atoms with Gasteiger partial charge in [0.05, 0.1) is 11.3 Å². The lowest BCUT2D eigenvalue weighted by molar-refractivity contribution is 0.174. The SMILES string of the molecule is N#Cc1c(N2CCCCC2)cc(-c2ccc3c(c2)OCO3)c2c1-c1cccc3cccc-2c13. The summed E-state index contributed by atoms with van der Waals surface area (Å²) in [5, 5.41) is 12.9. The normalized spacial score (nSPS) is 15.5. The number of nitrogens with zero attached hydrogens (tertiary/aromatic N) is 2. The van der Waals surface area contributed by atoms with Gasteiger partial charge in [-0.3, -0.25) is 0 Å². The van der Waals surface area contributed by atoms with Gasteiger partial charge in [0.25, 0.3) is 0 Å². The first kappa shape index (κ1) is 18.6. The van der Waals surface area contributed by atoms with Crippen molar-refractivity contribution in [3.8, 4) is 50.9 Å². The van der Waals surface area contributed by atoms with Crippen LogP contribution in [0.5, 0.6) is 11.5 Å². The molecule has 0 aromatic heterocycles. The van der Waals surface area contributed by atoms with Crippen LogP contribution in [0.1, 0.15) is 24.8 Å². The highest BCUT2D eigenvalue weighted by Gasteiger charge is 2.31. The van der Waals surface area contributed by atoms with E-state index in [1.807, 2.05) is 6.07 Å². The third-order valence-corrected chi connectivity index (χ3v) is 7.24. The van der Waals surface area contributed by atoms with Crippen LogP contribution in [0.4, 0.5) is 5.69 Å². The number of ether oxygens (including phenoxy) is 2. The van der Waals surface area contributed by atoms with E-state index in [0.717, 1.165) is 76.5 Å². The minimum Gasteiger partial charge on any atom is -0.454 e. The lowest BCUT2D eigenvalue weighted by Crippen LogP contribution is -2.30. The molecule has 4 heteroatoms. The largest absolute Gasteiger partial charge is 0.454 e. The number of rotatable bonds is 2. The van der Waals surface area contributed by atoms with E-state index in [2.05, 4.69) is 65.6 Å². The second-order valence-corrected chi connectivity index (χ2v) is 9.01. The first-order valence-electron chi connectivity index (χ1n) is 11.6. The molecule has 0 N–H and O–H groups in total. The van der Waals surface area contributed by atoms with Gasteiger partial charge in [0.15, 0.2) is 11.5 Å². The van der Waals surface area contributed by atoms with Crippen LogP contribution in [0.3, 0.4) is 0 Å². The molecule has 0 amide bonds. The maximum atomic E-state index is 10.4. The lowest BCUT2D eigenvalue weighted by Gasteiger charge is -2.31. The van der Waals surface area contributed by atoms with Gasteiger partial charge in [-0.05, 0) is 76.1 Å². The Morgan fingerprint density at radius 2 is 1.52 bits per heavy atom. The molecule has 4 nitrogen and oxygen atoms in total. The number of nitriles is 1. The van der Waals surface area contributed by atoms with Crippen LogP contribution in [0.25, 0.3) is 44.2 Å². The van der Waals surface area contributed by atoms with Gasteiger partial charge in [0.2, 0.25) is 6.79 Å². The third-order valence-electron chi connectivity index (χ3n) is 7.24. The van der Waals surface area contributed by atoms with Gasteiger partial charge in [-0.1, -0.05) is 42.5 Å². The minimum absolute atomic E-state index is 0.258. The molecular formula is C29H22N2O2. The topological polar surface area (TPSA) is 45.5 Å². The molecule has 0 radical (unpaired) electrons. The smallest absolute Gasteiger partial charge is 0.231 e. The lowest BCUT2D eigenvalue weighted by atomic mass is 9.88. The van der Waals surface area contributed by atoms with Crippen LogP contribution in [-0.2, 0) is 0 Å². The fourth-order valence-electron chi connectivity index (χ4n) is 5.76. The third kappa shape index (κ3) is 2.63. The van der Waals surface area contributed by atoms with Crippen LogP contribution in [0.2, 0.25) is 0 Å². The van der Waals surface area contributed by atoms with Gasteiger partial charge in [-0.15, -0.1) is 0 Å². The van der Waals surface area contributed by atoms with Crippen molar-refractivity contribution >= 4 is 16.5 Å². The van der Waals surface area contributed by atoms with E-state index in [-0.39, 0.29) is 6.79 Å². The molecule has 1 fully saturated rings. The molecule has 0 bridgehead atoms. The fraction of sp³-hybridized carbons (Fsp3) is 0.207. The molecule has 0 atom stereocenters. The van der Waals surface area contributed by atoms with Crippen molar-refractivity contribution in [2.75, 3.05) is 24.8 Å². The molecule has 0 spiro atoms. The highest BCUT2D eigenvalue weighted by molar-refractivity contribution is 6.20. The quantitative estimate of drug-likeness (QED) is 0.311. The van der Waals surface area contributed by atoms with Gasteiger partial charge < -0.3 is 14.4 Å². The molecule has 7 rings (SSSR count). The zero-order valence-electron chi connectivity index (χ0n) is 18.2. The molecule has 1 saturated heterocycles. The Hall–Kier alpha value is -3.97. The Morgan fingerprint density at radius 1 is 0.758 bits per heavy atom. The predicted octanol–water partition coefficient (Wildman–Crippen LogP) is 6.74. The van der Waals surface area contributed by atoms with E-state index in [0.29, 0.717) is 0 Å². The molecule has 3 aliphatic rings. The average molecular weight is 431 g/mol. The Morgan fingerprint density at radius 3 is 2.30 bits per heavy atom. The van der Waals surface area contributed by atoms with Crippen LogP contribution >= 0.6 is 0 Å². The van der Waals surface area contributed by atoms with Gasteiger partial charge in [-0.2, -0.15) is 5.26 Å². The summed E-state index contributed by atoms with van der Waals surface area (Å²) < 4.78 is 11.3. The van der Waals surface area contributed by atoms with Crippen molar-refractivity contribution in [1.29, 1.82) is 5.26 Å². The molecule has 1 aliphatic carbocycles. The van der Waals surface area contributed by atoms with Crippen LogP contribution in [0.15, 0.2) is 60.7 Å². The summed E-state index contributed by atoms with van der Waals surface area (Å²) in [6.07, 6.45) is 3.58.